The van der Waals surface area contributed by atoms with Crippen LogP contribution in [-0.2, 0) is 0 Å². The minimum atomic E-state index is -0.376. The molecule has 0 bridgehead atoms. The van der Waals surface area contributed by atoms with E-state index in [-0.39, 0.29) is 12.4 Å². The summed E-state index contributed by atoms with van der Waals surface area (Å²) < 4.78 is 0. The normalized spacial score (nSPS) is 19.2. The molecule has 3 nitrogen and oxygen atoms in total. The van der Waals surface area contributed by atoms with Crippen LogP contribution in [0.3, 0.4) is 0 Å². The Hall–Kier alpha value is -0.670. The first-order valence-electron chi connectivity index (χ1n) is 10.9. The topological polar surface area (TPSA) is 35.8 Å². The van der Waals surface area contributed by atoms with Gasteiger partial charge in [-0.25, -0.2) is 0 Å². The summed E-state index contributed by atoms with van der Waals surface area (Å²) in [7, 11) is 0. The molecule has 0 amide bonds. The Balaban J connectivity index is 1.80. The van der Waals surface area contributed by atoms with Gasteiger partial charge in [0.2, 0.25) is 0 Å². The van der Waals surface area contributed by atoms with Crippen molar-refractivity contribution in [3.05, 3.63) is 12.2 Å². The summed E-state index contributed by atoms with van der Waals surface area (Å²) in [5, 5.41) is 9.69. The van der Waals surface area contributed by atoms with Gasteiger partial charge in [-0.2, -0.15) is 0 Å². The average Bonchev–Trinajstić information content (AvgIpc) is 3.07. The molecular weight excluding hydrogens is 308 g/mol. The summed E-state index contributed by atoms with van der Waals surface area (Å²) in [5.74, 6) is 0. The zero-order chi connectivity index (χ0) is 18.2. The highest BCUT2D eigenvalue weighted by molar-refractivity contribution is 5.62. The summed E-state index contributed by atoms with van der Waals surface area (Å²) in [4.78, 5) is 6.55. The molecule has 146 valence electrons. The van der Waals surface area contributed by atoms with Crippen molar-refractivity contribution >= 4 is 6.21 Å². The van der Waals surface area contributed by atoms with Crippen LogP contribution >= 0.6 is 0 Å². The molecule has 0 aromatic rings. The van der Waals surface area contributed by atoms with Crippen LogP contribution in [-0.4, -0.2) is 35.2 Å². The van der Waals surface area contributed by atoms with E-state index in [0.29, 0.717) is 0 Å². The monoisotopic (exact) mass is 350 g/mol. The first kappa shape index (κ1) is 22.4. The maximum absolute atomic E-state index is 9.69. The highest BCUT2D eigenvalue weighted by atomic mass is 16.3. The van der Waals surface area contributed by atoms with E-state index in [1.165, 1.54) is 83.5 Å². The van der Waals surface area contributed by atoms with Crippen LogP contribution < -0.4 is 0 Å². The molecule has 0 aromatic heterocycles. The molecule has 0 aromatic carbocycles. The van der Waals surface area contributed by atoms with E-state index in [4.69, 9.17) is 0 Å². The van der Waals surface area contributed by atoms with Gasteiger partial charge in [0.15, 0.2) is 0 Å². The van der Waals surface area contributed by atoms with Crippen LogP contribution in [0, 0.1) is 0 Å². The van der Waals surface area contributed by atoms with Gasteiger partial charge in [-0.3, -0.25) is 9.89 Å². The first-order chi connectivity index (χ1) is 12.3. The molecule has 0 saturated carbocycles. The molecule has 0 spiro atoms. The fraction of sp³-hybridized carbons (Fsp3) is 0.864. The van der Waals surface area contributed by atoms with Crippen LogP contribution in [0.2, 0.25) is 0 Å². The standard InChI is InChI=1S/C22H42N2O/c1-3-4-5-6-7-8-9-10-11-12-13-14-15-16-17-18-22-23-19-20-24(22)21(2)25/h6-7,19,21-22,25H,3-5,8-18,20H2,1-2H3/b7-6+. The summed E-state index contributed by atoms with van der Waals surface area (Å²) in [5.41, 5.74) is 0. The van der Waals surface area contributed by atoms with Gasteiger partial charge in [-0.15, -0.1) is 0 Å². The fourth-order valence-electron chi connectivity index (χ4n) is 3.50. The molecule has 0 fully saturated rings. The van der Waals surface area contributed by atoms with Gasteiger partial charge in [0, 0.05) is 12.8 Å². The van der Waals surface area contributed by atoms with E-state index in [1.807, 2.05) is 13.1 Å². The number of aliphatic hydroxyl groups excluding tert-OH is 1. The number of aliphatic imine (C=N–C) groups is 1. The molecule has 1 heterocycles. The lowest BCUT2D eigenvalue weighted by Gasteiger charge is -2.25. The van der Waals surface area contributed by atoms with E-state index >= 15 is 0 Å². The molecule has 0 radical (unpaired) electrons. The van der Waals surface area contributed by atoms with Crippen molar-refractivity contribution < 1.29 is 5.11 Å². The average molecular weight is 351 g/mol. The van der Waals surface area contributed by atoms with Gasteiger partial charge in [-0.1, -0.05) is 76.9 Å². The Kier molecular flexibility index (Phi) is 13.9. The summed E-state index contributed by atoms with van der Waals surface area (Å²) in [6.07, 6.45) is 25.0. The zero-order valence-electron chi connectivity index (χ0n) is 16.8. The van der Waals surface area contributed by atoms with Gasteiger partial charge in [0.1, 0.15) is 12.4 Å². The summed E-state index contributed by atoms with van der Waals surface area (Å²) >= 11 is 0. The molecule has 1 rings (SSSR count). The van der Waals surface area contributed by atoms with Crippen LogP contribution in [0.15, 0.2) is 17.1 Å². The van der Waals surface area contributed by atoms with Gasteiger partial charge < -0.3 is 5.11 Å². The molecule has 1 N–H and O–H groups in total. The van der Waals surface area contributed by atoms with Crippen molar-refractivity contribution in [2.75, 3.05) is 6.54 Å². The van der Waals surface area contributed by atoms with Crippen molar-refractivity contribution in [2.45, 2.75) is 116 Å². The number of allylic oxidation sites excluding steroid dienone is 2. The maximum Gasteiger partial charge on any atom is 0.106 e. The van der Waals surface area contributed by atoms with E-state index < -0.39 is 0 Å². The van der Waals surface area contributed by atoms with Gasteiger partial charge in [0.25, 0.3) is 0 Å². The van der Waals surface area contributed by atoms with Gasteiger partial charge in [-0.05, 0) is 39.0 Å². The third kappa shape index (κ3) is 11.5. The van der Waals surface area contributed by atoms with Gasteiger partial charge >= 0.3 is 0 Å². The quantitative estimate of drug-likeness (QED) is 0.271. The number of hydrogen-bond donors (Lipinski definition) is 1. The summed E-state index contributed by atoms with van der Waals surface area (Å²) in [6.45, 7) is 4.89. The SMILES string of the molecule is CCCC/C=C/CCCCCCCCCCCC1N=CCN1C(C)O. The molecule has 2 atom stereocenters. The molecule has 0 aliphatic carbocycles. The first-order valence-corrected chi connectivity index (χ1v) is 10.9. The Morgan fingerprint density at radius 1 is 0.960 bits per heavy atom. The van der Waals surface area contributed by atoms with Crippen LogP contribution in [0.25, 0.3) is 0 Å². The van der Waals surface area contributed by atoms with E-state index in [2.05, 4.69) is 29.0 Å². The van der Waals surface area contributed by atoms with Crippen molar-refractivity contribution in [3.63, 3.8) is 0 Å². The lowest BCUT2D eigenvalue weighted by molar-refractivity contribution is 0.00710. The fourth-order valence-corrected chi connectivity index (χ4v) is 3.50. The zero-order valence-corrected chi connectivity index (χ0v) is 16.8. The van der Waals surface area contributed by atoms with Crippen molar-refractivity contribution in [2.24, 2.45) is 4.99 Å². The van der Waals surface area contributed by atoms with Crippen molar-refractivity contribution in [1.82, 2.24) is 4.90 Å². The van der Waals surface area contributed by atoms with Crippen molar-refractivity contribution in [3.8, 4) is 0 Å². The Morgan fingerprint density at radius 3 is 2.12 bits per heavy atom. The molecule has 1 aliphatic heterocycles. The predicted molar refractivity (Wildman–Crippen MR) is 110 cm³/mol. The number of nitrogens with zero attached hydrogens (tertiary/aromatic N) is 2. The minimum absolute atomic E-state index is 0.219. The largest absolute Gasteiger partial charge is 0.379 e. The second-order valence-electron chi connectivity index (χ2n) is 7.51. The Bertz CT molecular complexity index is 352. The lowest BCUT2D eigenvalue weighted by Crippen LogP contribution is -2.37. The molecule has 3 heteroatoms. The second-order valence-corrected chi connectivity index (χ2v) is 7.51. The summed E-state index contributed by atoms with van der Waals surface area (Å²) in [6, 6.07) is 0. The Labute approximate surface area is 156 Å². The van der Waals surface area contributed by atoms with Crippen LogP contribution in [0.5, 0.6) is 0 Å². The van der Waals surface area contributed by atoms with Crippen LogP contribution in [0.4, 0.5) is 0 Å². The number of rotatable bonds is 16. The van der Waals surface area contributed by atoms with Crippen molar-refractivity contribution in [1.29, 1.82) is 0 Å². The molecule has 25 heavy (non-hydrogen) atoms. The molecule has 2 unspecified atom stereocenters. The Morgan fingerprint density at radius 2 is 1.52 bits per heavy atom. The highest BCUT2D eigenvalue weighted by Gasteiger charge is 2.23. The molecule has 0 saturated heterocycles. The third-order valence-electron chi connectivity index (χ3n) is 5.16. The van der Waals surface area contributed by atoms with E-state index in [0.717, 1.165) is 13.0 Å². The number of unbranched alkanes of at least 4 members (excludes halogenated alkanes) is 11. The molecule has 1 aliphatic rings. The maximum atomic E-state index is 9.69. The van der Waals surface area contributed by atoms with E-state index in [1.54, 1.807) is 0 Å². The minimum Gasteiger partial charge on any atom is -0.379 e. The second kappa shape index (κ2) is 15.6. The smallest absolute Gasteiger partial charge is 0.106 e. The number of hydrogen-bond acceptors (Lipinski definition) is 3. The number of aliphatic hydroxyl groups is 1. The molecular formula is C22H42N2O. The lowest BCUT2D eigenvalue weighted by atomic mass is 10.0. The van der Waals surface area contributed by atoms with Crippen LogP contribution in [0.1, 0.15) is 104 Å². The third-order valence-corrected chi connectivity index (χ3v) is 5.16. The predicted octanol–water partition coefficient (Wildman–Crippen LogP) is 6.07. The van der Waals surface area contributed by atoms with Gasteiger partial charge in [0.05, 0.1) is 0 Å². The van der Waals surface area contributed by atoms with E-state index in [9.17, 15) is 5.11 Å². The highest BCUT2D eigenvalue weighted by Crippen LogP contribution is 2.18.